The Kier molecular flexibility index (Phi) is 6.52. The number of carbonyl (C=O) groups is 1. The SMILES string of the molecule is COC[C@@H](C)NC(=O)NC[C@@H]1CCN(c2cccc(OC)c2)C1. The van der Waals surface area contributed by atoms with E-state index in [0.717, 1.165) is 25.3 Å². The fourth-order valence-electron chi connectivity index (χ4n) is 2.84. The van der Waals surface area contributed by atoms with Gasteiger partial charge in [-0.1, -0.05) is 6.07 Å². The molecule has 1 fully saturated rings. The van der Waals surface area contributed by atoms with E-state index in [1.165, 1.54) is 5.69 Å². The van der Waals surface area contributed by atoms with Gasteiger partial charge in [0.25, 0.3) is 0 Å². The summed E-state index contributed by atoms with van der Waals surface area (Å²) < 4.78 is 10.3. The zero-order valence-corrected chi connectivity index (χ0v) is 14.2. The molecule has 0 aliphatic carbocycles. The largest absolute Gasteiger partial charge is 0.497 e. The minimum Gasteiger partial charge on any atom is -0.497 e. The number of urea groups is 1. The molecule has 0 radical (unpaired) electrons. The average molecular weight is 321 g/mol. The molecule has 2 rings (SSSR count). The van der Waals surface area contributed by atoms with Crippen molar-refractivity contribution in [2.24, 2.45) is 5.92 Å². The third-order valence-electron chi connectivity index (χ3n) is 4.05. The number of anilines is 1. The summed E-state index contributed by atoms with van der Waals surface area (Å²) in [6.45, 7) is 5.07. The van der Waals surface area contributed by atoms with Crippen molar-refractivity contribution in [3.8, 4) is 5.75 Å². The van der Waals surface area contributed by atoms with Gasteiger partial charge in [-0.25, -0.2) is 4.79 Å². The maximum Gasteiger partial charge on any atom is 0.315 e. The molecule has 2 atom stereocenters. The summed E-state index contributed by atoms with van der Waals surface area (Å²) in [4.78, 5) is 14.1. The van der Waals surface area contributed by atoms with E-state index < -0.39 is 0 Å². The molecular weight excluding hydrogens is 294 g/mol. The Morgan fingerprint density at radius 1 is 1.43 bits per heavy atom. The predicted octanol–water partition coefficient (Wildman–Crippen LogP) is 1.86. The van der Waals surface area contributed by atoms with Gasteiger partial charge in [0, 0.05) is 38.5 Å². The van der Waals surface area contributed by atoms with Gasteiger partial charge in [0.15, 0.2) is 0 Å². The molecule has 1 aromatic carbocycles. The Bertz CT molecular complexity index is 510. The molecule has 0 bridgehead atoms. The molecule has 1 aromatic rings. The maximum atomic E-state index is 11.8. The van der Waals surface area contributed by atoms with Crippen molar-refractivity contribution in [2.45, 2.75) is 19.4 Å². The number of hydrogen-bond donors (Lipinski definition) is 2. The van der Waals surface area contributed by atoms with Crippen molar-refractivity contribution in [3.63, 3.8) is 0 Å². The van der Waals surface area contributed by atoms with Crippen molar-refractivity contribution in [1.82, 2.24) is 10.6 Å². The van der Waals surface area contributed by atoms with Gasteiger partial charge >= 0.3 is 6.03 Å². The van der Waals surface area contributed by atoms with Crippen LogP contribution in [0.2, 0.25) is 0 Å². The van der Waals surface area contributed by atoms with Crippen LogP contribution in [0.1, 0.15) is 13.3 Å². The van der Waals surface area contributed by atoms with Crippen molar-refractivity contribution in [3.05, 3.63) is 24.3 Å². The van der Waals surface area contributed by atoms with Gasteiger partial charge in [-0.15, -0.1) is 0 Å². The van der Waals surface area contributed by atoms with E-state index in [0.29, 0.717) is 19.1 Å². The number of benzene rings is 1. The summed E-state index contributed by atoms with van der Waals surface area (Å²) in [6, 6.07) is 7.98. The van der Waals surface area contributed by atoms with Gasteiger partial charge in [0.2, 0.25) is 0 Å². The van der Waals surface area contributed by atoms with Crippen molar-refractivity contribution >= 4 is 11.7 Å². The number of methoxy groups -OCH3 is 2. The van der Waals surface area contributed by atoms with E-state index >= 15 is 0 Å². The van der Waals surface area contributed by atoms with Crippen LogP contribution >= 0.6 is 0 Å². The summed E-state index contributed by atoms with van der Waals surface area (Å²) in [6.07, 6.45) is 1.07. The van der Waals surface area contributed by atoms with E-state index in [1.54, 1.807) is 14.2 Å². The fraction of sp³-hybridized carbons (Fsp3) is 0.588. The molecule has 1 aliphatic rings. The molecule has 0 unspecified atom stereocenters. The summed E-state index contributed by atoms with van der Waals surface area (Å²) in [5.41, 5.74) is 1.17. The van der Waals surface area contributed by atoms with Crippen LogP contribution in [-0.2, 0) is 4.74 Å². The second kappa shape index (κ2) is 8.62. The van der Waals surface area contributed by atoms with Gasteiger partial charge in [-0.05, 0) is 31.4 Å². The first kappa shape index (κ1) is 17.4. The molecule has 23 heavy (non-hydrogen) atoms. The quantitative estimate of drug-likeness (QED) is 0.804. The highest BCUT2D eigenvalue weighted by Gasteiger charge is 2.23. The number of carbonyl (C=O) groups excluding carboxylic acids is 1. The molecule has 0 spiro atoms. The first-order chi connectivity index (χ1) is 11.1. The summed E-state index contributed by atoms with van der Waals surface area (Å²) in [7, 11) is 3.31. The lowest BCUT2D eigenvalue weighted by Gasteiger charge is -2.20. The molecule has 2 amide bonds. The zero-order chi connectivity index (χ0) is 16.7. The van der Waals surface area contributed by atoms with E-state index in [4.69, 9.17) is 9.47 Å². The van der Waals surface area contributed by atoms with Crippen LogP contribution in [0.3, 0.4) is 0 Å². The highest BCUT2D eigenvalue weighted by molar-refractivity contribution is 5.74. The monoisotopic (exact) mass is 321 g/mol. The van der Waals surface area contributed by atoms with Gasteiger partial charge < -0.3 is 25.0 Å². The fourth-order valence-corrected chi connectivity index (χ4v) is 2.84. The Morgan fingerprint density at radius 3 is 3.00 bits per heavy atom. The van der Waals surface area contributed by atoms with Gasteiger partial charge in [0.05, 0.1) is 19.8 Å². The van der Waals surface area contributed by atoms with E-state index in [1.807, 2.05) is 19.1 Å². The average Bonchev–Trinajstić information content (AvgIpc) is 3.02. The summed E-state index contributed by atoms with van der Waals surface area (Å²) >= 11 is 0. The number of ether oxygens (including phenoxy) is 2. The first-order valence-corrected chi connectivity index (χ1v) is 8.04. The lowest BCUT2D eigenvalue weighted by Crippen LogP contribution is -2.44. The minimum atomic E-state index is -0.130. The van der Waals surface area contributed by atoms with Crippen molar-refractivity contribution in [1.29, 1.82) is 0 Å². The lowest BCUT2D eigenvalue weighted by molar-refractivity contribution is 0.170. The number of nitrogens with one attached hydrogen (secondary N) is 2. The van der Waals surface area contributed by atoms with Crippen LogP contribution in [-0.4, -0.2) is 52.5 Å². The highest BCUT2D eigenvalue weighted by Crippen LogP contribution is 2.26. The highest BCUT2D eigenvalue weighted by atomic mass is 16.5. The molecule has 1 saturated heterocycles. The number of hydrogen-bond acceptors (Lipinski definition) is 4. The number of amides is 2. The van der Waals surface area contributed by atoms with E-state index in [2.05, 4.69) is 27.7 Å². The maximum absolute atomic E-state index is 11.8. The summed E-state index contributed by atoms with van der Waals surface area (Å²) in [5, 5.41) is 5.81. The number of nitrogens with zero attached hydrogens (tertiary/aromatic N) is 1. The number of rotatable bonds is 7. The normalized spacial score (nSPS) is 18.6. The molecule has 0 saturated carbocycles. The van der Waals surface area contributed by atoms with Crippen LogP contribution < -0.4 is 20.3 Å². The molecule has 1 heterocycles. The van der Waals surface area contributed by atoms with Crippen LogP contribution in [0, 0.1) is 5.92 Å². The molecule has 2 N–H and O–H groups in total. The third-order valence-corrected chi connectivity index (χ3v) is 4.05. The molecule has 6 heteroatoms. The smallest absolute Gasteiger partial charge is 0.315 e. The lowest BCUT2D eigenvalue weighted by atomic mass is 10.1. The summed E-state index contributed by atoms with van der Waals surface area (Å²) in [5.74, 6) is 1.33. The van der Waals surface area contributed by atoms with Gasteiger partial charge in [-0.3, -0.25) is 0 Å². The van der Waals surface area contributed by atoms with Crippen LogP contribution in [0.25, 0.3) is 0 Å². The Balaban J connectivity index is 1.76. The van der Waals surface area contributed by atoms with Crippen LogP contribution in [0.5, 0.6) is 5.75 Å². The molecule has 128 valence electrons. The minimum absolute atomic E-state index is 0.0110. The second-order valence-corrected chi connectivity index (χ2v) is 6.01. The molecule has 1 aliphatic heterocycles. The Morgan fingerprint density at radius 2 is 2.26 bits per heavy atom. The second-order valence-electron chi connectivity index (χ2n) is 6.01. The van der Waals surface area contributed by atoms with E-state index in [9.17, 15) is 4.79 Å². The van der Waals surface area contributed by atoms with Crippen molar-refractivity contribution < 1.29 is 14.3 Å². The van der Waals surface area contributed by atoms with Gasteiger partial charge in [0.1, 0.15) is 5.75 Å². The molecule has 6 nitrogen and oxygen atoms in total. The topological polar surface area (TPSA) is 62.8 Å². The zero-order valence-electron chi connectivity index (χ0n) is 14.2. The van der Waals surface area contributed by atoms with E-state index in [-0.39, 0.29) is 12.1 Å². The van der Waals surface area contributed by atoms with Gasteiger partial charge in [-0.2, -0.15) is 0 Å². The molecule has 0 aromatic heterocycles. The van der Waals surface area contributed by atoms with Crippen LogP contribution in [0.15, 0.2) is 24.3 Å². The van der Waals surface area contributed by atoms with Crippen molar-refractivity contribution in [2.75, 3.05) is 45.4 Å². The third kappa shape index (κ3) is 5.32. The Labute approximate surface area is 138 Å². The van der Waals surface area contributed by atoms with Crippen LogP contribution in [0.4, 0.5) is 10.5 Å². The first-order valence-electron chi connectivity index (χ1n) is 8.04. The standard InChI is InChI=1S/C17H27N3O3/c1-13(12-22-2)19-17(21)18-10-14-7-8-20(11-14)15-5-4-6-16(9-15)23-3/h4-6,9,13-14H,7-8,10-12H2,1-3H3,(H2,18,19,21)/t13-,14+/m1/s1. The Hall–Kier alpha value is -1.95. The molecular formula is C17H27N3O3. The predicted molar refractivity (Wildman–Crippen MR) is 91.2 cm³/mol.